The first kappa shape index (κ1) is 19.9. The summed E-state index contributed by atoms with van der Waals surface area (Å²) in [6.45, 7) is 4.63. The highest BCUT2D eigenvalue weighted by atomic mass is 19.4. The number of anilines is 1. The molecule has 1 amide bonds. The molecule has 150 valence electrons. The van der Waals surface area contributed by atoms with Crippen LogP contribution in [0.25, 0.3) is 0 Å². The molecule has 1 fully saturated rings. The van der Waals surface area contributed by atoms with Crippen molar-refractivity contribution in [1.82, 2.24) is 15.1 Å². The number of hydrogen-bond donors (Lipinski definition) is 0. The zero-order valence-corrected chi connectivity index (χ0v) is 15.4. The van der Waals surface area contributed by atoms with Crippen LogP contribution in [0.1, 0.15) is 29.3 Å². The second-order valence-corrected chi connectivity index (χ2v) is 6.43. The van der Waals surface area contributed by atoms with E-state index >= 15 is 0 Å². The Morgan fingerprint density at radius 3 is 2.25 bits per heavy atom. The minimum atomic E-state index is -4.41. The molecule has 1 aromatic heterocycles. The van der Waals surface area contributed by atoms with E-state index in [1.165, 1.54) is 12.1 Å². The monoisotopic (exact) mass is 394 g/mol. The molecule has 0 saturated carbocycles. The van der Waals surface area contributed by atoms with Gasteiger partial charge in [0.15, 0.2) is 5.82 Å². The van der Waals surface area contributed by atoms with Gasteiger partial charge in [-0.2, -0.15) is 13.2 Å². The van der Waals surface area contributed by atoms with Crippen LogP contribution in [0.4, 0.5) is 19.0 Å². The molecule has 0 radical (unpaired) electrons. The Morgan fingerprint density at radius 2 is 1.71 bits per heavy atom. The van der Waals surface area contributed by atoms with Gasteiger partial charge in [-0.05, 0) is 36.8 Å². The van der Waals surface area contributed by atoms with Gasteiger partial charge in [-0.25, -0.2) is 0 Å². The Hall–Kier alpha value is -2.84. The molecule has 0 spiro atoms. The van der Waals surface area contributed by atoms with Crippen molar-refractivity contribution in [1.29, 1.82) is 0 Å². The summed E-state index contributed by atoms with van der Waals surface area (Å²) in [7, 11) is 0. The normalized spacial score (nSPS) is 14.9. The highest BCUT2D eigenvalue weighted by Crippen LogP contribution is 2.29. The fourth-order valence-electron chi connectivity index (χ4n) is 2.89. The summed E-state index contributed by atoms with van der Waals surface area (Å²) in [5.74, 6) is 0.898. The van der Waals surface area contributed by atoms with Crippen LogP contribution in [0.5, 0.6) is 5.88 Å². The number of hydrogen-bond acceptors (Lipinski definition) is 5. The van der Waals surface area contributed by atoms with E-state index in [1.54, 1.807) is 11.0 Å². The summed E-state index contributed by atoms with van der Waals surface area (Å²) in [6, 6.07) is 7.89. The third-order valence-electron chi connectivity index (χ3n) is 4.43. The van der Waals surface area contributed by atoms with Gasteiger partial charge in [0.05, 0.1) is 12.2 Å². The maximum absolute atomic E-state index is 12.6. The Labute approximate surface area is 160 Å². The fourth-order valence-corrected chi connectivity index (χ4v) is 2.89. The van der Waals surface area contributed by atoms with E-state index in [0.29, 0.717) is 44.5 Å². The number of rotatable bonds is 5. The molecule has 9 heteroatoms. The molecule has 0 aliphatic carbocycles. The Balaban J connectivity index is 1.56. The molecule has 2 heterocycles. The van der Waals surface area contributed by atoms with Gasteiger partial charge in [0.1, 0.15) is 0 Å². The fraction of sp³-hybridized carbons (Fsp3) is 0.421. The molecule has 2 aromatic rings. The summed E-state index contributed by atoms with van der Waals surface area (Å²) >= 11 is 0. The predicted octanol–water partition coefficient (Wildman–Crippen LogP) is 3.25. The van der Waals surface area contributed by atoms with Crippen molar-refractivity contribution in [3.8, 4) is 5.88 Å². The smallest absolute Gasteiger partial charge is 0.416 e. The number of benzene rings is 1. The SMILES string of the molecule is CCCOc1ccc(N2CCN(C(=O)c3ccc(C(F)(F)F)cc3)CC2)nn1. The van der Waals surface area contributed by atoms with Gasteiger partial charge in [0.25, 0.3) is 5.91 Å². The van der Waals surface area contributed by atoms with E-state index < -0.39 is 11.7 Å². The predicted molar refractivity (Wildman–Crippen MR) is 97.4 cm³/mol. The molecule has 0 atom stereocenters. The number of amides is 1. The Kier molecular flexibility index (Phi) is 6.01. The lowest BCUT2D eigenvalue weighted by molar-refractivity contribution is -0.137. The van der Waals surface area contributed by atoms with Crippen molar-refractivity contribution in [2.45, 2.75) is 19.5 Å². The minimum absolute atomic E-state index is 0.249. The van der Waals surface area contributed by atoms with E-state index in [9.17, 15) is 18.0 Å². The van der Waals surface area contributed by atoms with Crippen molar-refractivity contribution in [2.75, 3.05) is 37.7 Å². The first-order valence-corrected chi connectivity index (χ1v) is 9.06. The third kappa shape index (κ3) is 4.71. The molecular weight excluding hydrogens is 373 g/mol. The zero-order valence-electron chi connectivity index (χ0n) is 15.4. The van der Waals surface area contributed by atoms with E-state index in [4.69, 9.17) is 4.74 Å². The van der Waals surface area contributed by atoms with Gasteiger partial charge >= 0.3 is 6.18 Å². The van der Waals surface area contributed by atoms with Crippen molar-refractivity contribution < 1.29 is 22.7 Å². The van der Waals surface area contributed by atoms with Crippen LogP contribution in [-0.4, -0.2) is 53.8 Å². The third-order valence-corrected chi connectivity index (χ3v) is 4.43. The first-order chi connectivity index (χ1) is 13.4. The number of aromatic nitrogens is 2. The standard InChI is InChI=1S/C19H21F3N4O2/c1-2-13-28-17-8-7-16(23-24-17)25-9-11-26(12-10-25)18(27)14-3-5-15(6-4-14)19(20,21)22/h3-8H,2,9-13H2,1H3. The van der Waals surface area contributed by atoms with E-state index in [0.717, 1.165) is 18.6 Å². The van der Waals surface area contributed by atoms with Crippen LogP contribution >= 0.6 is 0 Å². The molecule has 0 N–H and O–H groups in total. The van der Waals surface area contributed by atoms with Crippen LogP contribution < -0.4 is 9.64 Å². The van der Waals surface area contributed by atoms with Gasteiger partial charge < -0.3 is 14.5 Å². The van der Waals surface area contributed by atoms with Gasteiger partial charge in [-0.1, -0.05) is 6.92 Å². The maximum Gasteiger partial charge on any atom is 0.416 e. The maximum atomic E-state index is 12.6. The molecule has 1 saturated heterocycles. The van der Waals surface area contributed by atoms with Crippen LogP contribution in [0.2, 0.25) is 0 Å². The minimum Gasteiger partial charge on any atom is -0.477 e. The van der Waals surface area contributed by atoms with Crippen LogP contribution in [-0.2, 0) is 6.18 Å². The topological polar surface area (TPSA) is 58.6 Å². The largest absolute Gasteiger partial charge is 0.477 e. The molecule has 6 nitrogen and oxygen atoms in total. The van der Waals surface area contributed by atoms with Gasteiger partial charge in [-0.3, -0.25) is 4.79 Å². The molecule has 1 aliphatic rings. The summed E-state index contributed by atoms with van der Waals surface area (Å²) in [5, 5.41) is 8.19. The molecule has 0 unspecified atom stereocenters. The number of piperazine rings is 1. The van der Waals surface area contributed by atoms with E-state index in [2.05, 4.69) is 10.2 Å². The summed E-state index contributed by atoms with van der Waals surface area (Å²) in [4.78, 5) is 16.2. The average Bonchev–Trinajstić information content (AvgIpc) is 2.72. The summed E-state index contributed by atoms with van der Waals surface area (Å²) < 4.78 is 43.3. The summed E-state index contributed by atoms with van der Waals surface area (Å²) in [6.07, 6.45) is -3.52. The van der Waals surface area contributed by atoms with Gasteiger partial charge in [-0.15, -0.1) is 10.2 Å². The molecule has 0 bridgehead atoms. The Bertz CT molecular complexity index is 786. The van der Waals surface area contributed by atoms with Crippen LogP contribution in [0, 0.1) is 0 Å². The lowest BCUT2D eigenvalue weighted by atomic mass is 10.1. The average molecular weight is 394 g/mol. The number of halogens is 3. The number of ether oxygens (including phenoxy) is 1. The highest BCUT2D eigenvalue weighted by molar-refractivity contribution is 5.94. The molecule has 1 aromatic carbocycles. The quantitative estimate of drug-likeness (QED) is 0.779. The number of carbonyl (C=O) groups is 1. The van der Waals surface area contributed by atoms with Crippen molar-refractivity contribution in [3.05, 3.63) is 47.5 Å². The van der Waals surface area contributed by atoms with Crippen LogP contribution in [0.3, 0.4) is 0 Å². The van der Waals surface area contributed by atoms with Crippen molar-refractivity contribution in [3.63, 3.8) is 0 Å². The van der Waals surface area contributed by atoms with Crippen molar-refractivity contribution in [2.24, 2.45) is 0 Å². The number of alkyl halides is 3. The zero-order chi connectivity index (χ0) is 20.1. The second kappa shape index (κ2) is 8.45. The second-order valence-electron chi connectivity index (χ2n) is 6.43. The molecular formula is C19H21F3N4O2. The molecule has 1 aliphatic heterocycles. The number of carbonyl (C=O) groups excluding carboxylic acids is 1. The lowest BCUT2D eigenvalue weighted by Gasteiger charge is -2.35. The number of nitrogens with zero attached hydrogens (tertiary/aromatic N) is 4. The molecule has 28 heavy (non-hydrogen) atoms. The van der Waals surface area contributed by atoms with Crippen LogP contribution in [0.15, 0.2) is 36.4 Å². The van der Waals surface area contributed by atoms with E-state index in [-0.39, 0.29) is 11.5 Å². The van der Waals surface area contributed by atoms with Gasteiger partial charge in [0.2, 0.25) is 5.88 Å². The molecule has 3 rings (SSSR count). The highest BCUT2D eigenvalue weighted by Gasteiger charge is 2.30. The van der Waals surface area contributed by atoms with Gasteiger partial charge in [0, 0.05) is 37.8 Å². The van der Waals surface area contributed by atoms with Crippen molar-refractivity contribution >= 4 is 11.7 Å². The summed E-state index contributed by atoms with van der Waals surface area (Å²) in [5.41, 5.74) is -0.516. The van der Waals surface area contributed by atoms with E-state index in [1.807, 2.05) is 17.9 Å². The Morgan fingerprint density at radius 1 is 1.04 bits per heavy atom. The first-order valence-electron chi connectivity index (χ1n) is 9.06. The lowest BCUT2D eigenvalue weighted by Crippen LogP contribution is -2.49.